The number of amides is 1. The fraction of sp³-hybridized carbons (Fsp3) is 0.533. The second kappa shape index (κ2) is 6.68. The minimum Gasteiger partial charge on any atom is -0.371 e. The van der Waals surface area contributed by atoms with E-state index >= 15 is 0 Å². The maximum atomic E-state index is 12.1. The van der Waals surface area contributed by atoms with Crippen molar-refractivity contribution in [2.75, 3.05) is 20.2 Å². The highest BCUT2D eigenvalue weighted by Gasteiger charge is 2.31. The number of carbonyl (C=O) groups excluding carboxylic acids is 1. The summed E-state index contributed by atoms with van der Waals surface area (Å²) in [6, 6.07) is 10.2. The third kappa shape index (κ3) is 3.55. The van der Waals surface area contributed by atoms with Gasteiger partial charge in [0.15, 0.2) is 0 Å². The van der Waals surface area contributed by atoms with Crippen LogP contribution in [0, 0.1) is 5.92 Å². The van der Waals surface area contributed by atoms with E-state index in [2.05, 4.69) is 10.6 Å². The SMILES string of the molecule is CNCC(C)C(=O)NC1CCOC1c1ccccc1. The van der Waals surface area contributed by atoms with Crippen LogP contribution in [-0.4, -0.2) is 32.1 Å². The summed E-state index contributed by atoms with van der Waals surface area (Å²) in [5, 5.41) is 6.13. The topological polar surface area (TPSA) is 50.4 Å². The Bertz CT molecular complexity index is 408. The Morgan fingerprint density at radius 1 is 1.42 bits per heavy atom. The molecule has 4 heteroatoms. The Labute approximate surface area is 114 Å². The minimum absolute atomic E-state index is 0.0214. The van der Waals surface area contributed by atoms with Gasteiger partial charge in [-0.1, -0.05) is 37.3 Å². The Balaban J connectivity index is 1.98. The van der Waals surface area contributed by atoms with E-state index in [-0.39, 0.29) is 24.0 Å². The lowest BCUT2D eigenvalue weighted by Gasteiger charge is -2.22. The highest BCUT2D eigenvalue weighted by atomic mass is 16.5. The van der Waals surface area contributed by atoms with Crippen LogP contribution in [0.15, 0.2) is 30.3 Å². The summed E-state index contributed by atoms with van der Waals surface area (Å²) in [5.74, 6) is 0.0628. The molecule has 19 heavy (non-hydrogen) atoms. The molecule has 1 aromatic carbocycles. The molecule has 3 atom stereocenters. The Morgan fingerprint density at radius 2 is 2.16 bits per heavy atom. The Hall–Kier alpha value is -1.39. The van der Waals surface area contributed by atoms with E-state index in [1.54, 1.807) is 0 Å². The van der Waals surface area contributed by atoms with Gasteiger partial charge in [-0.15, -0.1) is 0 Å². The first kappa shape index (κ1) is 14.0. The third-order valence-electron chi connectivity index (χ3n) is 3.51. The lowest BCUT2D eigenvalue weighted by atomic mass is 10.0. The molecule has 0 aliphatic carbocycles. The van der Waals surface area contributed by atoms with Gasteiger partial charge in [-0.3, -0.25) is 4.79 Å². The lowest BCUT2D eigenvalue weighted by Crippen LogP contribution is -2.42. The predicted octanol–water partition coefficient (Wildman–Crippen LogP) is 1.49. The first-order chi connectivity index (χ1) is 9.22. The van der Waals surface area contributed by atoms with Gasteiger partial charge in [0, 0.05) is 19.1 Å². The van der Waals surface area contributed by atoms with Gasteiger partial charge in [0.25, 0.3) is 0 Å². The van der Waals surface area contributed by atoms with Gasteiger partial charge in [-0.2, -0.15) is 0 Å². The molecule has 3 unspecified atom stereocenters. The molecule has 1 aliphatic rings. The number of nitrogens with one attached hydrogen (secondary N) is 2. The number of ether oxygens (including phenoxy) is 1. The van der Waals surface area contributed by atoms with Crippen LogP contribution < -0.4 is 10.6 Å². The van der Waals surface area contributed by atoms with Crippen molar-refractivity contribution in [3.63, 3.8) is 0 Å². The maximum Gasteiger partial charge on any atom is 0.224 e. The number of carbonyl (C=O) groups is 1. The quantitative estimate of drug-likeness (QED) is 0.845. The molecule has 0 bridgehead atoms. The van der Waals surface area contributed by atoms with Gasteiger partial charge in [-0.05, 0) is 19.0 Å². The Kier molecular flexibility index (Phi) is 4.93. The zero-order chi connectivity index (χ0) is 13.7. The maximum absolute atomic E-state index is 12.1. The van der Waals surface area contributed by atoms with Crippen molar-refractivity contribution >= 4 is 5.91 Å². The van der Waals surface area contributed by atoms with Crippen molar-refractivity contribution in [2.45, 2.75) is 25.5 Å². The molecular formula is C15H22N2O2. The van der Waals surface area contributed by atoms with Crippen LogP contribution in [0.4, 0.5) is 0 Å². The molecule has 1 aliphatic heterocycles. The summed E-state index contributed by atoms with van der Waals surface area (Å²) in [5.41, 5.74) is 1.13. The average molecular weight is 262 g/mol. The summed E-state index contributed by atoms with van der Waals surface area (Å²) >= 11 is 0. The van der Waals surface area contributed by atoms with Crippen LogP contribution in [-0.2, 0) is 9.53 Å². The molecule has 0 radical (unpaired) electrons. The fourth-order valence-corrected chi connectivity index (χ4v) is 2.43. The van der Waals surface area contributed by atoms with Crippen molar-refractivity contribution in [1.82, 2.24) is 10.6 Å². The summed E-state index contributed by atoms with van der Waals surface area (Å²) in [6.07, 6.45) is 0.851. The summed E-state index contributed by atoms with van der Waals surface area (Å²) in [6.45, 7) is 3.32. The summed E-state index contributed by atoms with van der Waals surface area (Å²) in [4.78, 5) is 12.1. The smallest absolute Gasteiger partial charge is 0.224 e. The molecule has 1 fully saturated rings. The molecule has 0 aromatic heterocycles. The largest absolute Gasteiger partial charge is 0.371 e. The number of hydrogen-bond acceptors (Lipinski definition) is 3. The van der Waals surface area contributed by atoms with Crippen molar-refractivity contribution in [3.05, 3.63) is 35.9 Å². The molecule has 0 saturated carbocycles. The zero-order valence-corrected chi connectivity index (χ0v) is 11.6. The van der Waals surface area contributed by atoms with E-state index in [1.807, 2.05) is 44.3 Å². The van der Waals surface area contributed by atoms with E-state index in [0.717, 1.165) is 12.0 Å². The second-order valence-electron chi connectivity index (χ2n) is 5.06. The Morgan fingerprint density at radius 3 is 2.84 bits per heavy atom. The van der Waals surface area contributed by atoms with Gasteiger partial charge in [0.1, 0.15) is 6.10 Å². The van der Waals surface area contributed by atoms with Gasteiger partial charge in [0.2, 0.25) is 5.91 Å². The van der Waals surface area contributed by atoms with Crippen molar-refractivity contribution in [3.8, 4) is 0 Å². The van der Waals surface area contributed by atoms with E-state index in [1.165, 1.54) is 0 Å². The molecule has 104 valence electrons. The van der Waals surface area contributed by atoms with Gasteiger partial charge < -0.3 is 15.4 Å². The summed E-state index contributed by atoms with van der Waals surface area (Å²) < 4.78 is 5.76. The molecule has 1 heterocycles. The number of hydrogen-bond donors (Lipinski definition) is 2. The van der Waals surface area contributed by atoms with E-state index in [9.17, 15) is 4.79 Å². The van der Waals surface area contributed by atoms with Crippen LogP contribution in [0.2, 0.25) is 0 Å². The average Bonchev–Trinajstić information content (AvgIpc) is 2.88. The molecule has 2 N–H and O–H groups in total. The van der Waals surface area contributed by atoms with Crippen molar-refractivity contribution in [2.24, 2.45) is 5.92 Å². The monoisotopic (exact) mass is 262 g/mol. The first-order valence-corrected chi connectivity index (χ1v) is 6.84. The third-order valence-corrected chi connectivity index (χ3v) is 3.51. The van der Waals surface area contributed by atoms with Crippen LogP contribution in [0.5, 0.6) is 0 Å². The molecule has 2 rings (SSSR count). The van der Waals surface area contributed by atoms with Gasteiger partial charge >= 0.3 is 0 Å². The zero-order valence-electron chi connectivity index (χ0n) is 11.6. The normalized spacial score (nSPS) is 24.1. The predicted molar refractivity (Wildman–Crippen MR) is 74.8 cm³/mol. The molecule has 1 saturated heterocycles. The van der Waals surface area contributed by atoms with Crippen molar-refractivity contribution in [1.29, 1.82) is 0 Å². The van der Waals surface area contributed by atoms with Crippen LogP contribution >= 0.6 is 0 Å². The fourth-order valence-electron chi connectivity index (χ4n) is 2.43. The second-order valence-corrected chi connectivity index (χ2v) is 5.06. The number of benzene rings is 1. The lowest BCUT2D eigenvalue weighted by molar-refractivity contribution is -0.125. The number of rotatable bonds is 5. The van der Waals surface area contributed by atoms with Crippen LogP contribution in [0.1, 0.15) is 25.0 Å². The molecule has 4 nitrogen and oxygen atoms in total. The van der Waals surface area contributed by atoms with Gasteiger partial charge in [-0.25, -0.2) is 0 Å². The molecular weight excluding hydrogens is 240 g/mol. The highest BCUT2D eigenvalue weighted by Crippen LogP contribution is 2.29. The molecule has 1 aromatic rings. The standard InChI is InChI=1S/C15H22N2O2/c1-11(10-16-2)15(18)17-13-8-9-19-14(13)12-6-4-3-5-7-12/h3-7,11,13-14,16H,8-10H2,1-2H3,(H,17,18). The summed E-state index contributed by atoms with van der Waals surface area (Å²) in [7, 11) is 1.86. The van der Waals surface area contributed by atoms with Gasteiger partial charge in [0.05, 0.1) is 6.04 Å². The van der Waals surface area contributed by atoms with Crippen LogP contribution in [0.3, 0.4) is 0 Å². The molecule has 0 spiro atoms. The van der Waals surface area contributed by atoms with Crippen molar-refractivity contribution < 1.29 is 9.53 Å². The molecule has 1 amide bonds. The van der Waals surface area contributed by atoms with E-state index in [4.69, 9.17) is 4.74 Å². The minimum atomic E-state index is -0.0259. The van der Waals surface area contributed by atoms with E-state index in [0.29, 0.717) is 13.2 Å². The highest BCUT2D eigenvalue weighted by molar-refractivity contribution is 5.78. The first-order valence-electron chi connectivity index (χ1n) is 6.84. The van der Waals surface area contributed by atoms with Crippen LogP contribution in [0.25, 0.3) is 0 Å². The van der Waals surface area contributed by atoms with E-state index < -0.39 is 0 Å².